The van der Waals surface area contributed by atoms with Crippen molar-refractivity contribution in [2.75, 3.05) is 26.2 Å². The maximum atomic E-state index is 14.7. The van der Waals surface area contributed by atoms with Crippen molar-refractivity contribution in [2.24, 2.45) is 75.8 Å². The molecule has 0 saturated heterocycles. The third-order valence-corrected chi connectivity index (χ3v) is 22.6. The quantitative estimate of drug-likeness (QED) is 0.0153. The van der Waals surface area contributed by atoms with E-state index in [1.807, 2.05) is 19.2 Å². The number of hydrogen-bond donors (Lipinski definition) is 32. The number of carbonyl (C=O) groups excluding carboxylic acids is 19. The number of rotatable bonds is 73. The van der Waals surface area contributed by atoms with Gasteiger partial charge in [0.2, 0.25) is 112 Å². The highest BCUT2D eigenvalue weighted by Crippen LogP contribution is 2.19. The summed E-state index contributed by atoms with van der Waals surface area (Å²) in [6.07, 6.45) is -8.74. The zero-order chi connectivity index (χ0) is 111. The summed E-state index contributed by atoms with van der Waals surface area (Å²) in [5.74, 6) is -32.0. The minimum Gasteiger partial charge on any atom is -0.481 e. The van der Waals surface area contributed by atoms with Crippen molar-refractivity contribution in [3.8, 4) is 0 Å². The molecule has 0 aliphatic carbocycles. The number of unbranched alkanes of at least 4 members (excludes halogenated alkanes) is 1. The van der Waals surface area contributed by atoms with Crippen LogP contribution in [0.5, 0.6) is 0 Å². The molecular weight excluding hydrogens is 1910 g/mol. The molecule has 0 fully saturated rings. The summed E-state index contributed by atoms with van der Waals surface area (Å²) in [5, 5.41) is 111. The second kappa shape index (κ2) is 67.7. The van der Waals surface area contributed by atoms with Crippen LogP contribution in [0, 0.1) is 52.2 Å². The molecule has 0 aromatic rings. The van der Waals surface area contributed by atoms with Gasteiger partial charge in [-0.05, 0) is 145 Å². The van der Waals surface area contributed by atoms with Crippen LogP contribution in [0.3, 0.4) is 0 Å². The topological polar surface area (TPSA) is 926 Å². The van der Waals surface area contributed by atoms with Gasteiger partial charge in [-0.2, -0.15) is 0 Å². The Hall–Kier alpha value is -13.8. The van der Waals surface area contributed by atoms with E-state index in [4.69, 9.17) is 45.2 Å². The lowest BCUT2D eigenvalue weighted by atomic mass is 9.97. The first-order valence-corrected chi connectivity index (χ1v) is 48.4. The Balaban J connectivity index is 7.44. The molecule has 55 heteroatoms. The van der Waals surface area contributed by atoms with E-state index in [0.717, 1.165) is 0 Å². The van der Waals surface area contributed by atoms with Crippen molar-refractivity contribution in [2.45, 2.75) is 348 Å². The minimum absolute atomic E-state index is 0.0142. The molecule has 0 aromatic carbocycles. The van der Waals surface area contributed by atoms with Crippen LogP contribution in [0.2, 0.25) is 0 Å². The Morgan fingerprint density at radius 1 is 0.297 bits per heavy atom. The Kier molecular flexibility index (Phi) is 61.3. The second-order valence-corrected chi connectivity index (χ2v) is 37.9. The molecule has 822 valence electrons. The van der Waals surface area contributed by atoms with Gasteiger partial charge in [0.25, 0.3) is 0 Å². The van der Waals surface area contributed by atoms with E-state index in [-0.39, 0.29) is 109 Å². The predicted octanol–water partition coefficient (Wildman–Crippen LogP) is -7.78. The van der Waals surface area contributed by atoms with Crippen LogP contribution in [0.4, 0.5) is 0 Å². The molecule has 0 aliphatic heterocycles. The molecule has 55 nitrogen and oxygen atoms in total. The Morgan fingerprint density at radius 3 is 0.952 bits per heavy atom. The smallest absolute Gasteiger partial charge is 0.326 e. The molecule has 0 radical (unpaired) electrons. The minimum atomic E-state index is -2.32. The molecule has 38 N–H and O–H groups in total. The average Bonchev–Trinajstić information content (AvgIpc) is 0.849. The number of guanidine groups is 2. The number of carboxylic acids is 4. The monoisotopic (exact) mass is 2070 g/mol. The molecule has 0 heterocycles. The van der Waals surface area contributed by atoms with E-state index < -0.39 is 338 Å². The van der Waals surface area contributed by atoms with Gasteiger partial charge in [0.15, 0.2) is 11.9 Å². The van der Waals surface area contributed by atoms with Crippen molar-refractivity contribution < 1.29 is 136 Å². The third kappa shape index (κ3) is 53.4. The summed E-state index contributed by atoms with van der Waals surface area (Å²) in [5.41, 5.74) is 33.9. The predicted molar refractivity (Wildman–Crippen MR) is 523 cm³/mol. The fraction of sp³-hybridized carbons (Fsp3) is 0.722. The van der Waals surface area contributed by atoms with E-state index in [0.29, 0.717) is 6.42 Å². The van der Waals surface area contributed by atoms with Gasteiger partial charge in [-0.1, -0.05) is 110 Å². The molecule has 0 bridgehead atoms. The van der Waals surface area contributed by atoms with Gasteiger partial charge in [-0.15, -0.1) is 0 Å². The van der Waals surface area contributed by atoms with Crippen LogP contribution in [-0.2, 0) is 110 Å². The zero-order valence-corrected chi connectivity index (χ0v) is 85.5. The molecule has 0 aliphatic rings. The molecular formula is C90H159N27O28. The lowest BCUT2D eigenvalue weighted by Gasteiger charge is -2.29. The Morgan fingerprint density at radius 2 is 0.600 bits per heavy atom. The van der Waals surface area contributed by atoms with Gasteiger partial charge in [-0.3, -0.25) is 116 Å². The van der Waals surface area contributed by atoms with E-state index >= 15 is 0 Å². The fourth-order valence-electron chi connectivity index (χ4n) is 14.3. The second-order valence-electron chi connectivity index (χ2n) is 37.9. The molecule has 0 aromatic heterocycles. The van der Waals surface area contributed by atoms with Crippen LogP contribution in [0.1, 0.15) is 239 Å². The average molecular weight is 2070 g/mol. The highest BCUT2D eigenvalue weighted by Gasteiger charge is 2.42. The molecule has 20 atom stereocenters. The number of carbonyl (C=O) groups is 23. The van der Waals surface area contributed by atoms with Gasteiger partial charge in [0.05, 0.1) is 38.0 Å². The van der Waals surface area contributed by atoms with Crippen LogP contribution in [0.25, 0.3) is 0 Å². The Labute approximate surface area is 842 Å². The molecule has 19 amide bonds. The molecule has 0 rings (SSSR count). The maximum absolute atomic E-state index is 14.7. The Bertz CT molecular complexity index is 4410. The van der Waals surface area contributed by atoms with Crippen molar-refractivity contribution in [1.82, 2.24) is 101 Å². The number of nitrogens with two attached hydrogens (primary N) is 6. The molecule has 0 unspecified atom stereocenters. The van der Waals surface area contributed by atoms with Crippen molar-refractivity contribution in [3.63, 3.8) is 0 Å². The van der Waals surface area contributed by atoms with Gasteiger partial charge < -0.3 is 161 Å². The molecule has 145 heavy (non-hydrogen) atoms. The fourth-order valence-corrected chi connectivity index (χ4v) is 14.3. The first-order chi connectivity index (χ1) is 67.5. The highest BCUT2D eigenvalue weighted by atomic mass is 16.4. The summed E-state index contributed by atoms with van der Waals surface area (Å²) in [4.78, 5) is 315. The third-order valence-electron chi connectivity index (χ3n) is 22.6. The summed E-state index contributed by atoms with van der Waals surface area (Å²) < 4.78 is 0. The summed E-state index contributed by atoms with van der Waals surface area (Å²) >= 11 is 0. The van der Waals surface area contributed by atoms with E-state index in [1.54, 1.807) is 69.2 Å². The lowest BCUT2D eigenvalue weighted by Crippen LogP contribution is -2.61. The molecule has 0 spiro atoms. The number of aliphatic hydroxyl groups is 1. The standard InChI is InChI=1S/C90H159N27O28/c1-17-46(13)69(115-72(128)48(15)102-73(129)50(92)33-41(3)4)86(142)107-53(25-22-32-100-90(97)98)76(132)111-60(38-63(94)120)83(139)113-61(39-67(126)127)84(140)106-54(26-28-65(122)123)77(133)105-55(27-29-66(124)125)78(134)110-58(36-44(9)10)81(137)112-59(37-62(93)119)82(138)104-52(23-19-20-30-91)75(131)109-57(35-43(7)8)80(136)108-56(34-42(5)6)74(130)101-40-64(121)103-51(24-21-31-99-89(95)96)79(135)114-68(45(11)12)85(141)117-71(49(16)118)87(143)116-70(88(144)145)47(14)18-2/h41-61,68-71,118H,17-40,91-92H2,1-16H3,(H2,93,119)(H2,94,120)(H,101,130)(H,102,129)(H,103,121)(H,104,138)(H,105,133)(H,106,140)(H,107,142)(H,108,136)(H,109,131)(H,110,134)(H,111,132)(H,112,137)(H,113,139)(H,114,135)(H,115,128)(H,116,143)(H,117,141)(H,122,123)(H,124,125)(H,126,127)(H,144,145)(H4,95,96,99)(H4,97,98,100)/t46-,47-,48-,49+,50-,51-,52-,53-,54-,55-,56-,57-,58-,59-,60-,61-,68-,69-,70-,71-/m0/s1. The summed E-state index contributed by atoms with van der Waals surface area (Å²) in [7, 11) is 0. The van der Waals surface area contributed by atoms with E-state index in [2.05, 4.69) is 95.7 Å². The van der Waals surface area contributed by atoms with Crippen molar-refractivity contribution >= 4 is 148 Å². The molecule has 0 saturated carbocycles. The largest absolute Gasteiger partial charge is 0.481 e. The lowest BCUT2D eigenvalue weighted by molar-refractivity contribution is -0.144. The van der Waals surface area contributed by atoms with Crippen LogP contribution in [-0.4, -0.2) is 309 Å². The number of nitrogens with one attached hydrogen (secondary N) is 21. The maximum Gasteiger partial charge on any atom is 0.326 e. The summed E-state index contributed by atoms with van der Waals surface area (Å²) in [6.45, 7) is 24.8. The van der Waals surface area contributed by atoms with Gasteiger partial charge in [0.1, 0.15) is 96.7 Å². The van der Waals surface area contributed by atoms with Crippen molar-refractivity contribution in [1.29, 1.82) is 10.8 Å². The number of aliphatic hydroxyl groups excluding tert-OH is 1. The van der Waals surface area contributed by atoms with Gasteiger partial charge in [-0.25, -0.2) is 4.79 Å². The van der Waals surface area contributed by atoms with Gasteiger partial charge in [0, 0.05) is 25.9 Å². The first kappa shape index (κ1) is 131. The van der Waals surface area contributed by atoms with E-state index in [1.165, 1.54) is 27.7 Å². The van der Waals surface area contributed by atoms with Gasteiger partial charge >= 0.3 is 23.9 Å². The summed E-state index contributed by atoms with van der Waals surface area (Å²) in [6, 6.07) is -28.3. The van der Waals surface area contributed by atoms with Crippen LogP contribution >= 0.6 is 0 Å². The number of carboxylic acid groups (broad SMARTS) is 4. The first-order valence-electron chi connectivity index (χ1n) is 48.4. The van der Waals surface area contributed by atoms with Crippen LogP contribution < -0.4 is 135 Å². The number of primary amides is 2. The normalized spacial score (nSPS) is 15.4. The SMILES string of the molecule is CC[C@H](C)[C@H](NC(=O)[C@@H](NC(=O)[C@@H](NC(=O)[C@H](CCCNC(=N)N)NC(=O)CNC(=O)[C@H](CC(C)C)NC(=O)[C@H](CC(C)C)NC(=O)[C@H](CCCCN)NC(=O)[C@H](CC(N)=O)NC(=O)[C@H](CC(C)C)NC(=O)[C@H](CCC(=O)O)NC(=O)[C@H](CCC(=O)O)NC(=O)[C@H](CC(=O)O)NC(=O)[C@H](CC(N)=O)NC(=O)[C@H](CCCNC(=N)N)NC(=O)[C@@H](NC(=O)[C@H](C)NC(=O)[C@@H](N)CC(C)C)[C@@H](C)CC)C(C)C)[C@@H](C)O)C(=O)O. The van der Waals surface area contributed by atoms with Crippen molar-refractivity contribution in [3.05, 3.63) is 0 Å². The number of hydrogen-bond acceptors (Lipinski definition) is 28. The highest BCUT2D eigenvalue weighted by molar-refractivity contribution is 6.03. The van der Waals surface area contributed by atoms with Crippen LogP contribution in [0.15, 0.2) is 0 Å². The zero-order valence-electron chi connectivity index (χ0n) is 85.5. The number of aliphatic carboxylic acids is 4. The number of amides is 19. The van der Waals surface area contributed by atoms with E-state index in [9.17, 15) is 136 Å².